The molecule has 0 spiro atoms. The van der Waals surface area contributed by atoms with E-state index in [2.05, 4.69) is 37.7 Å². The molecule has 1 heterocycles. The zero-order chi connectivity index (χ0) is 18.3. The Labute approximate surface area is 159 Å². The fourth-order valence-corrected chi connectivity index (χ4v) is 4.42. The maximum atomic E-state index is 2.85. The van der Waals surface area contributed by atoms with Crippen molar-refractivity contribution in [1.82, 2.24) is 9.80 Å². The highest BCUT2D eigenvalue weighted by molar-refractivity contribution is 4.81. The normalized spacial score (nSPS) is 18.1. The summed E-state index contributed by atoms with van der Waals surface area (Å²) in [6.07, 6.45) is 21.4. The molecule has 25 heavy (non-hydrogen) atoms. The maximum Gasteiger partial charge on any atom is 0.0113 e. The minimum absolute atomic E-state index is 0.815. The molecule has 1 saturated heterocycles. The molecule has 0 radical (unpaired) electrons. The fourth-order valence-electron chi connectivity index (χ4n) is 4.42. The lowest BCUT2D eigenvalue weighted by Crippen LogP contribution is -2.46. The van der Waals surface area contributed by atoms with Crippen molar-refractivity contribution in [3.05, 3.63) is 0 Å². The van der Waals surface area contributed by atoms with Crippen LogP contribution in [0.1, 0.15) is 110 Å². The molecule has 0 amide bonds. The Bertz CT molecular complexity index is 282. The van der Waals surface area contributed by atoms with Crippen LogP contribution in [0, 0.1) is 0 Å². The van der Waals surface area contributed by atoms with Gasteiger partial charge in [0.25, 0.3) is 0 Å². The monoisotopic (exact) mass is 352 g/mol. The molecule has 0 aromatic heterocycles. The first kappa shape index (κ1) is 23.0. The van der Waals surface area contributed by atoms with Crippen LogP contribution >= 0.6 is 0 Å². The van der Waals surface area contributed by atoms with E-state index in [1.807, 2.05) is 0 Å². The van der Waals surface area contributed by atoms with Gasteiger partial charge < -0.3 is 9.80 Å². The molecular weight excluding hydrogens is 304 g/mol. The Morgan fingerprint density at radius 3 is 1.60 bits per heavy atom. The molecule has 0 N–H and O–H groups in total. The summed E-state index contributed by atoms with van der Waals surface area (Å²) in [5.74, 6) is 0. The van der Waals surface area contributed by atoms with Gasteiger partial charge in [-0.3, -0.25) is 0 Å². The number of hydrogen-bond acceptors (Lipinski definition) is 2. The summed E-state index contributed by atoms with van der Waals surface area (Å²) in [4.78, 5) is 5.29. The average molecular weight is 353 g/mol. The van der Waals surface area contributed by atoms with Gasteiger partial charge in [-0.1, -0.05) is 84.5 Å². The smallest absolute Gasteiger partial charge is 0.0113 e. The van der Waals surface area contributed by atoms with Gasteiger partial charge in [-0.2, -0.15) is 0 Å². The van der Waals surface area contributed by atoms with Crippen LogP contribution in [0.3, 0.4) is 0 Å². The predicted molar refractivity (Wildman–Crippen MR) is 113 cm³/mol. The molecule has 1 aliphatic rings. The number of piperidine rings is 1. The number of rotatable bonds is 15. The van der Waals surface area contributed by atoms with Crippen LogP contribution in [0.2, 0.25) is 0 Å². The Morgan fingerprint density at radius 2 is 1.16 bits per heavy atom. The summed E-state index contributed by atoms with van der Waals surface area (Å²) in [7, 11) is 4.50. The zero-order valence-electron chi connectivity index (χ0n) is 18.1. The van der Waals surface area contributed by atoms with Crippen LogP contribution in [-0.2, 0) is 0 Å². The molecule has 150 valence electrons. The Kier molecular flexibility index (Phi) is 13.8. The largest absolute Gasteiger partial charge is 0.306 e. The van der Waals surface area contributed by atoms with E-state index in [0.717, 1.165) is 12.1 Å². The zero-order valence-corrected chi connectivity index (χ0v) is 18.1. The highest BCUT2D eigenvalue weighted by Gasteiger charge is 2.25. The average Bonchev–Trinajstić information content (AvgIpc) is 2.62. The van der Waals surface area contributed by atoms with Crippen molar-refractivity contribution in [1.29, 1.82) is 0 Å². The third-order valence-electron chi connectivity index (χ3n) is 6.28. The fraction of sp³-hybridized carbons (Fsp3) is 1.00. The first-order valence-corrected chi connectivity index (χ1v) is 11.6. The van der Waals surface area contributed by atoms with E-state index in [1.165, 1.54) is 109 Å². The molecule has 0 saturated carbocycles. The minimum Gasteiger partial charge on any atom is -0.306 e. The van der Waals surface area contributed by atoms with Crippen LogP contribution in [-0.4, -0.2) is 49.1 Å². The summed E-state index contributed by atoms with van der Waals surface area (Å²) in [5.41, 5.74) is 0. The number of unbranched alkanes of at least 4 members (excludes halogenated alkanes) is 9. The van der Waals surface area contributed by atoms with Crippen LogP contribution in [0.15, 0.2) is 0 Å². The number of nitrogens with zero attached hydrogens (tertiary/aromatic N) is 2. The highest BCUT2D eigenvalue weighted by Crippen LogP contribution is 2.23. The third-order valence-corrected chi connectivity index (χ3v) is 6.28. The van der Waals surface area contributed by atoms with Gasteiger partial charge >= 0.3 is 0 Å². The van der Waals surface area contributed by atoms with Gasteiger partial charge in [0, 0.05) is 12.1 Å². The van der Waals surface area contributed by atoms with E-state index in [4.69, 9.17) is 0 Å². The van der Waals surface area contributed by atoms with Crippen LogP contribution in [0.5, 0.6) is 0 Å². The topological polar surface area (TPSA) is 6.48 Å². The van der Waals surface area contributed by atoms with E-state index in [0.29, 0.717) is 0 Å². The van der Waals surface area contributed by atoms with Gasteiger partial charge in [0.1, 0.15) is 0 Å². The third kappa shape index (κ3) is 10.6. The number of hydrogen-bond donors (Lipinski definition) is 0. The Hall–Kier alpha value is -0.0800. The minimum atomic E-state index is 0.815. The van der Waals surface area contributed by atoms with E-state index in [9.17, 15) is 0 Å². The van der Waals surface area contributed by atoms with E-state index < -0.39 is 0 Å². The highest BCUT2D eigenvalue weighted by atomic mass is 15.2. The summed E-state index contributed by atoms with van der Waals surface area (Å²) >= 11 is 0. The lowest BCUT2D eigenvalue weighted by Gasteiger charge is -2.40. The summed E-state index contributed by atoms with van der Waals surface area (Å²) in [5, 5.41) is 0. The van der Waals surface area contributed by atoms with E-state index >= 15 is 0 Å². The van der Waals surface area contributed by atoms with Crippen molar-refractivity contribution in [3.63, 3.8) is 0 Å². The van der Waals surface area contributed by atoms with Gasteiger partial charge in [0.15, 0.2) is 0 Å². The molecule has 0 aliphatic carbocycles. The molecule has 0 bridgehead atoms. The van der Waals surface area contributed by atoms with Crippen molar-refractivity contribution < 1.29 is 0 Å². The molecule has 0 aromatic carbocycles. The molecule has 1 fully saturated rings. The molecule has 1 aliphatic heterocycles. The van der Waals surface area contributed by atoms with Gasteiger partial charge in [0.2, 0.25) is 0 Å². The van der Waals surface area contributed by atoms with Crippen molar-refractivity contribution in [3.8, 4) is 0 Å². The molecule has 1 rings (SSSR count). The quantitative estimate of drug-likeness (QED) is 0.311. The molecule has 2 nitrogen and oxygen atoms in total. The molecule has 1 atom stereocenters. The van der Waals surface area contributed by atoms with Crippen molar-refractivity contribution in [2.75, 3.05) is 27.2 Å². The van der Waals surface area contributed by atoms with Crippen molar-refractivity contribution >= 4 is 0 Å². The predicted octanol–water partition coefficient (Wildman–Crippen LogP) is 6.49. The number of likely N-dealkylation sites (tertiary alicyclic amines) is 1. The lowest BCUT2D eigenvalue weighted by atomic mass is 9.95. The standard InChI is InChI=1S/C23H48N2/c1-5-7-9-11-13-15-17-23(16-14-12-10-8-6-2)25-20-18-22(19-21-25)24(3)4/h22-23H,5-21H2,1-4H3. The SMILES string of the molecule is CCCCCCCCC(CCCCCCC)N1CCC(N(C)C)CC1. The summed E-state index contributed by atoms with van der Waals surface area (Å²) in [6, 6.07) is 1.69. The van der Waals surface area contributed by atoms with E-state index in [1.54, 1.807) is 0 Å². The van der Waals surface area contributed by atoms with Gasteiger partial charge in [-0.25, -0.2) is 0 Å². The first-order valence-electron chi connectivity index (χ1n) is 11.6. The second-order valence-corrected chi connectivity index (χ2v) is 8.64. The molecular formula is C23H48N2. The van der Waals surface area contributed by atoms with E-state index in [-0.39, 0.29) is 0 Å². The van der Waals surface area contributed by atoms with Crippen molar-refractivity contribution in [2.45, 2.75) is 122 Å². The van der Waals surface area contributed by atoms with Crippen molar-refractivity contribution in [2.24, 2.45) is 0 Å². The van der Waals surface area contributed by atoms with Crippen LogP contribution in [0.4, 0.5) is 0 Å². The van der Waals surface area contributed by atoms with Gasteiger partial charge in [0.05, 0.1) is 0 Å². The molecule has 0 aromatic rings. The lowest BCUT2D eigenvalue weighted by molar-refractivity contribution is 0.0967. The summed E-state index contributed by atoms with van der Waals surface area (Å²) < 4.78 is 0. The van der Waals surface area contributed by atoms with Crippen LogP contribution in [0.25, 0.3) is 0 Å². The van der Waals surface area contributed by atoms with Crippen LogP contribution < -0.4 is 0 Å². The molecule has 1 unspecified atom stereocenters. The maximum absolute atomic E-state index is 2.85. The second kappa shape index (κ2) is 15.0. The molecule has 2 heteroatoms. The first-order chi connectivity index (χ1) is 12.2. The Morgan fingerprint density at radius 1 is 0.720 bits per heavy atom. The second-order valence-electron chi connectivity index (χ2n) is 8.64. The van der Waals surface area contributed by atoms with Gasteiger partial charge in [-0.05, 0) is 52.9 Å². The van der Waals surface area contributed by atoms with Gasteiger partial charge in [-0.15, -0.1) is 0 Å². The Balaban J connectivity index is 2.31. The summed E-state index contributed by atoms with van der Waals surface area (Å²) in [6.45, 7) is 7.29.